The molecule has 0 unspecified atom stereocenters. The molecule has 200 valence electrons. The Morgan fingerprint density at radius 2 is 0.912 bits per heavy atom. The monoisotopic (exact) mass is 508 g/mol. The molecule has 2 aliphatic rings. The minimum absolute atomic E-state index is 0.126. The second-order valence-corrected chi connectivity index (χ2v) is 10.4. The molecule has 0 aromatic heterocycles. The van der Waals surface area contributed by atoms with Crippen LogP contribution >= 0.6 is 0 Å². The highest BCUT2D eigenvalue weighted by atomic mass is 19.4. The van der Waals surface area contributed by atoms with Crippen LogP contribution in [0.5, 0.6) is 0 Å². The zero-order valence-electron chi connectivity index (χ0n) is 20.1. The van der Waals surface area contributed by atoms with Gasteiger partial charge in [-0.2, -0.15) is 26.3 Å². The second-order valence-electron chi connectivity index (χ2n) is 10.4. The highest BCUT2D eigenvalue weighted by molar-refractivity contribution is 5.69. The highest BCUT2D eigenvalue weighted by Gasteiger charge is 2.51. The molecular weight excluding hydrogens is 474 g/mol. The fourth-order valence-electron chi connectivity index (χ4n) is 3.30. The first kappa shape index (κ1) is 30.1. The Kier molecular flexibility index (Phi) is 9.15. The van der Waals surface area contributed by atoms with Crippen LogP contribution < -0.4 is 11.5 Å². The Balaban J connectivity index is 0.000000340. The lowest BCUT2D eigenvalue weighted by Gasteiger charge is -2.24. The van der Waals surface area contributed by atoms with Crippen molar-refractivity contribution < 1.29 is 45.4 Å². The maximum atomic E-state index is 12.5. The van der Waals surface area contributed by atoms with E-state index in [-0.39, 0.29) is 13.1 Å². The Bertz CT molecular complexity index is 658. The van der Waals surface area contributed by atoms with Gasteiger partial charge in [-0.25, -0.2) is 9.59 Å². The van der Waals surface area contributed by atoms with Gasteiger partial charge in [0.2, 0.25) is 0 Å². The predicted molar refractivity (Wildman–Crippen MR) is 111 cm³/mol. The molecule has 2 aliphatic heterocycles. The van der Waals surface area contributed by atoms with E-state index in [0.717, 1.165) is 9.80 Å². The zero-order chi connectivity index (χ0) is 26.9. The highest BCUT2D eigenvalue weighted by Crippen LogP contribution is 2.34. The van der Waals surface area contributed by atoms with Crippen molar-refractivity contribution in [3.63, 3.8) is 0 Å². The number of nitrogens with two attached hydrogens (primary N) is 2. The Morgan fingerprint density at radius 1 is 0.647 bits per heavy atom. The summed E-state index contributed by atoms with van der Waals surface area (Å²) in [6.45, 7) is 8.82. The van der Waals surface area contributed by atoms with Gasteiger partial charge in [-0.15, -0.1) is 0 Å². The third-order valence-corrected chi connectivity index (χ3v) is 4.87. The van der Waals surface area contributed by atoms with E-state index in [2.05, 4.69) is 0 Å². The number of ether oxygens (including phenoxy) is 2. The van der Waals surface area contributed by atoms with Crippen LogP contribution in [0.25, 0.3) is 0 Å². The van der Waals surface area contributed by atoms with Gasteiger partial charge in [0.25, 0.3) is 0 Å². The van der Waals surface area contributed by atoms with Crippen LogP contribution in [-0.2, 0) is 9.47 Å². The minimum atomic E-state index is -4.38. The Morgan fingerprint density at radius 3 is 1.09 bits per heavy atom. The van der Waals surface area contributed by atoms with Gasteiger partial charge in [-0.1, -0.05) is 0 Å². The van der Waals surface area contributed by atoms with E-state index in [1.54, 1.807) is 41.5 Å². The molecule has 14 heteroatoms. The average molecular weight is 509 g/mol. The van der Waals surface area contributed by atoms with E-state index in [1.807, 2.05) is 0 Å². The topological polar surface area (TPSA) is 111 Å². The third-order valence-electron chi connectivity index (χ3n) is 4.87. The van der Waals surface area contributed by atoms with Crippen molar-refractivity contribution in [2.45, 2.75) is 77.2 Å². The first-order chi connectivity index (χ1) is 15.0. The van der Waals surface area contributed by atoms with Gasteiger partial charge in [0.1, 0.15) is 11.2 Å². The smallest absolute Gasteiger partial charge is 0.410 e. The quantitative estimate of drug-likeness (QED) is 0.485. The number of likely N-dealkylation sites (tertiary alicyclic amines) is 2. The maximum Gasteiger partial charge on any atom is 0.410 e. The van der Waals surface area contributed by atoms with Crippen LogP contribution in [-0.4, -0.2) is 83.8 Å². The predicted octanol–water partition coefficient (Wildman–Crippen LogP) is 3.49. The number of hydrogen-bond acceptors (Lipinski definition) is 6. The van der Waals surface area contributed by atoms with Crippen LogP contribution in [0.4, 0.5) is 35.9 Å². The van der Waals surface area contributed by atoms with E-state index >= 15 is 0 Å². The van der Waals surface area contributed by atoms with Gasteiger partial charge >= 0.3 is 24.5 Å². The molecule has 34 heavy (non-hydrogen) atoms. The number of amides is 2. The summed E-state index contributed by atoms with van der Waals surface area (Å²) in [5.74, 6) is -3.34. The first-order valence-electron chi connectivity index (χ1n) is 10.6. The number of rotatable bonds is 0. The van der Waals surface area contributed by atoms with Crippen molar-refractivity contribution in [2.75, 3.05) is 26.2 Å². The van der Waals surface area contributed by atoms with Crippen LogP contribution in [0.15, 0.2) is 0 Å². The van der Waals surface area contributed by atoms with Crippen LogP contribution in [0, 0.1) is 11.8 Å². The number of halogens is 6. The molecule has 2 saturated heterocycles. The summed E-state index contributed by atoms with van der Waals surface area (Å²) in [5, 5.41) is 0. The van der Waals surface area contributed by atoms with Crippen molar-refractivity contribution in [1.29, 1.82) is 0 Å². The van der Waals surface area contributed by atoms with Gasteiger partial charge in [0, 0.05) is 38.3 Å². The number of carbonyl (C=O) groups excluding carboxylic acids is 2. The Hall–Kier alpha value is -1.96. The van der Waals surface area contributed by atoms with Gasteiger partial charge in [-0.05, 0) is 41.5 Å². The number of nitrogens with zero attached hydrogens (tertiary/aromatic N) is 2. The van der Waals surface area contributed by atoms with E-state index < -0.39 is 72.8 Å². The summed E-state index contributed by atoms with van der Waals surface area (Å²) in [6, 6.07) is -2.16. The standard InChI is InChI=1S/2C10H17F3N2O2/c2*1-9(2,3)17-8(16)15-4-6(7(14)5-15)10(11,12)13/h2*6-7H,4-5,14H2,1-3H3/t2*6-,7-/m10/s1. The molecule has 0 bridgehead atoms. The van der Waals surface area contributed by atoms with E-state index in [1.165, 1.54) is 0 Å². The number of hydrogen-bond donors (Lipinski definition) is 2. The molecule has 0 aliphatic carbocycles. The third kappa shape index (κ3) is 9.35. The Labute approximate surface area is 194 Å². The average Bonchev–Trinajstić information content (AvgIpc) is 3.15. The molecule has 8 nitrogen and oxygen atoms in total. The van der Waals surface area contributed by atoms with Crippen molar-refractivity contribution in [1.82, 2.24) is 9.80 Å². The fourth-order valence-corrected chi connectivity index (χ4v) is 3.30. The van der Waals surface area contributed by atoms with Crippen LogP contribution in [0.2, 0.25) is 0 Å². The van der Waals surface area contributed by atoms with Crippen molar-refractivity contribution in [3.8, 4) is 0 Å². The van der Waals surface area contributed by atoms with E-state index in [0.29, 0.717) is 0 Å². The lowest BCUT2D eigenvalue weighted by Crippen LogP contribution is -2.38. The van der Waals surface area contributed by atoms with Crippen molar-refractivity contribution in [3.05, 3.63) is 0 Å². The largest absolute Gasteiger partial charge is 0.444 e. The zero-order valence-corrected chi connectivity index (χ0v) is 20.1. The second kappa shape index (κ2) is 10.3. The molecule has 0 saturated carbocycles. The van der Waals surface area contributed by atoms with Crippen molar-refractivity contribution >= 4 is 12.2 Å². The lowest BCUT2D eigenvalue weighted by atomic mass is 10.1. The normalized spacial score (nSPS) is 26.2. The molecule has 2 amide bonds. The summed E-state index contributed by atoms with van der Waals surface area (Å²) in [7, 11) is 0. The molecule has 2 rings (SSSR count). The lowest BCUT2D eigenvalue weighted by molar-refractivity contribution is -0.174. The number of carbonyl (C=O) groups is 2. The molecule has 0 aromatic rings. The minimum Gasteiger partial charge on any atom is -0.444 e. The van der Waals surface area contributed by atoms with Gasteiger partial charge in [0.05, 0.1) is 11.8 Å². The molecule has 0 aromatic carbocycles. The van der Waals surface area contributed by atoms with Gasteiger partial charge in [-0.3, -0.25) is 0 Å². The summed E-state index contributed by atoms with van der Waals surface area (Å²) >= 11 is 0. The molecule has 0 radical (unpaired) electrons. The summed E-state index contributed by atoms with van der Waals surface area (Å²) < 4.78 is 85.2. The molecule has 0 spiro atoms. The van der Waals surface area contributed by atoms with Gasteiger partial charge < -0.3 is 30.7 Å². The molecule has 2 heterocycles. The van der Waals surface area contributed by atoms with E-state index in [9.17, 15) is 35.9 Å². The fraction of sp³-hybridized carbons (Fsp3) is 0.900. The molecular formula is C20H34F6N4O4. The van der Waals surface area contributed by atoms with E-state index in [4.69, 9.17) is 20.9 Å². The maximum absolute atomic E-state index is 12.5. The van der Waals surface area contributed by atoms with Gasteiger partial charge in [0.15, 0.2) is 0 Å². The first-order valence-corrected chi connectivity index (χ1v) is 10.6. The number of alkyl halides is 6. The molecule has 4 N–H and O–H groups in total. The van der Waals surface area contributed by atoms with Crippen molar-refractivity contribution in [2.24, 2.45) is 23.3 Å². The summed E-state index contributed by atoms with van der Waals surface area (Å²) in [6.07, 6.45) is -10.3. The SMILES string of the molecule is CC(C)(C)OC(=O)N1C[C@@H](N)[C@H](C(F)(F)F)C1.CC(C)(C)OC(=O)N1C[C@H](N)[C@@H](C(F)(F)F)C1. The summed E-state index contributed by atoms with van der Waals surface area (Å²) in [5.41, 5.74) is 9.33. The summed E-state index contributed by atoms with van der Waals surface area (Å²) in [4.78, 5) is 25.1. The van der Waals surface area contributed by atoms with Crippen LogP contribution in [0.1, 0.15) is 41.5 Å². The van der Waals surface area contributed by atoms with Crippen LogP contribution in [0.3, 0.4) is 0 Å². The molecule has 2 fully saturated rings. The molecule has 4 atom stereocenters.